The molecule has 0 fully saturated rings. The third-order valence-electron chi connectivity index (χ3n) is 2.86. The van der Waals surface area contributed by atoms with Gasteiger partial charge in [-0.1, -0.05) is 17.7 Å². The van der Waals surface area contributed by atoms with Crippen molar-refractivity contribution >= 4 is 29.4 Å². The largest absolute Gasteiger partial charge is 0.481 e. The summed E-state index contributed by atoms with van der Waals surface area (Å²) in [5.74, 6) is -0.952. The summed E-state index contributed by atoms with van der Waals surface area (Å²) in [7, 11) is 0. The molecule has 5 nitrogen and oxygen atoms in total. The van der Waals surface area contributed by atoms with E-state index in [0.717, 1.165) is 0 Å². The van der Waals surface area contributed by atoms with E-state index in [1.54, 1.807) is 46.8 Å². The van der Waals surface area contributed by atoms with E-state index in [4.69, 9.17) is 16.3 Å². The second-order valence-electron chi connectivity index (χ2n) is 6.25. The Labute approximate surface area is 129 Å². The van der Waals surface area contributed by atoms with Crippen molar-refractivity contribution in [3.8, 4) is 0 Å². The molecule has 0 bridgehead atoms. The van der Waals surface area contributed by atoms with E-state index in [-0.39, 0.29) is 5.02 Å². The zero-order valence-electron chi connectivity index (χ0n) is 12.8. The number of carboxylic acids is 1. The van der Waals surface area contributed by atoms with E-state index in [1.165, 1.54) is 6.07 Å². The highest BCUT2D eigenvalue weighted by Crippen LogP contribution is 2.30. The SMILES string of the molecule is CC(C)(C)OC(=O)Nc1ccc(C(C)(C)C(=O)O)cc1Cl. The number of nitrogens with one attached hydrogen (secondary N) is 1. The summed E-state index contributed by atoms with van der Waals surface area (Å²) in [6, 6.07) is 4.71. The fourth-order valence-corrected chi connectivity index (χ4v) is 1.77. The number of amides is 1. The second kappa shape index (κ2) is 5.93. The van der Waals surface area contributed by atoms with Crippen LogP contribution in [0.5, 0.6) is 0 Å². The van der Waals surface area contributed by atoms with Crippen molar-refractivity contribution in [1.29, 1.82) is 0 Å². The maximum Gasteiger partial charge on any atom is 0.412 e. The number of benzene rings is 1. The highest BCUT2D eigenvalue weighted by molar-refractivity contribution is 6.33. The summed E-state index contributed by atoms with van der Waals surface area (Å²) in [6.07, 6.45) is -0.616. The number of aliphatic carboxylic acids is 1. The Hall–Kier alpha value is -1.75. The van der Waals surface area contributed by atoms with Crippen molar-refractivity contribution < 1.29 is 19.4 Å². The molecule has 0 aliphatic rings. The topological polar surface area (TPSA) is 75.6 Å². The molecule has 2 N–H and O–H groups in total. The normalized spacial score (nSPS) is 11.9. The van der Waals surface area contributed by atoms with Crippen LogP contribution in [0, 0.1) is 0 Å². The molecule has 1 aromatic rings. The lowest BCUT2D eigenvalue weighted by atomic mass is 9.85. The van der Waals surface area contributed by atoms with Gasteiger partial charge >= 0.3 is 12.1 Å². The maximum absolute atomic E-state index is 11.7. The number of hydrogen-bond acceptors (Lipinski definition) is 3. The van der Waals surface area contributed by atoms with Crippen LogP contribution in [-0.2, 0) is 14.9 Å². The maximum atomic E-state index is 11.7. The second-order valence-corrected chi connectivity index (χ2v) is 6.66. The Morgan fingerprint density at radius 2 is 1.76 bits per heavy atom. The number of anilines is 1. The molecule has 116 valence electrons. The van der Waals surface area contributed by atoms with E-state index >= 15 is 0 Å². The minimum absolute atomic E-state index is 0.257. The van der Waals surface area contributed by atoms with Gasteiger partial charge in [0.15, 0.2) is 0 Å². The average molecular weight is 314 g/mol. The summed E-state index contributed by atoms with van der Waals surface area (Å²) in [6.45, 7) is 8.44. The molecule has 0 spiro atoms. The van der Waals surface area contributed by atoms with Crippen molar-refractivity contribution in [3.63, 3.8) is 0 Å². The van der Waals surface area contributed by atoms with Gasteiger partial charge in [-0.05, 0) is 52.3 Å². The van der Waals surface area contributed by atoms with Gasteiger partial charge in [-0.3, -0.25) is 10.1 Å². The molecule has 6 heteroatoms. The lowest BCUT2D eigenvalue weighted by molar-refractivity contribution is -0.142. The van der Waals surface area contributed by atoms with Crippen LogP contribution in [0.4, 0.5) is 10.5 Å². The highest BCUT2D eigenvalue weighted by atomic mass is 35.5. The molecule has 21 heavy (non-hydrogen) atoms. The number of carbonyl (C=O) groups excluding carboxylic acids is 1. The first-order valence-corrected chi connectivity index (χ1v) is 6.85. The quantitative estimate of drug-likeness (QED) is 0.882. The zero-order valence-corrected chi connectivity index (χ0v) is 13.5. The summed E-state index contributed by atoms with van der Waals surface area (Å²) >= 11 is 6.09. The van der Waals surface area contributed by atoms with Crippen molar-refractivity contribution in [2.24, 2.45) is 0 Å². The first-order valence-electron chi connectivity index (χ1n) is 6.47. The lowest BCUT2D eigenvalue weighted by Crippen LogP contribution is -2.29. The molecular formula is C15H20ClNO4. The predicted molar refractivity (Wildman–Crippen MR) is 82.0 cm³/mol. The van der Waals surface area contributed by atoms with Gasteiger partial charge in [0, 0.05) is 0 Å². The number of rotatable bonds is 3. The van der Waals surface area contributed by atoms with E-state index in [2.05, 4.69) is 5.32 Å². The van der Waals surface area contributed by atoms with Crippen LogP contribution < -0.4 is 5.32 Å². The Morgan fingerprint density at radius 1 is 1.19 bits per heavy atom. The first-order chi connectivity index (χ1) is 9.43. The van der Waals surface area contributed by atoms with Crippen molar-refractivity contribution in [3.05, 3.63) is 28.8 Å². The highest BCUT2D eigenvalue weighted by Gasteiger charge is 2.30. The molecule has 0 atom stereocenters. The third kappa shape index (κ3) is 4.63. The molecule has 0 radical (unpaired) electrons. The third-order valence-corrected chi connectivity index (χ3v) is 3.17. The molecule has 1 rings (SSSR count). The average Bonchev–Trinajstić information content (AvgIpc) is 2.28. The number of ether oxygens (including phenoxy) is 1. The van der Waals surface area contributed by atoms with Crippen LogP contribution in [0.15, 0.2) is 18.2 Å². The standard InChI is InChI=1S/C15H20ClNO4/c1-14(2,3)21-13(20)17-11-7-6-9(8-10(11)16)15(4,5)12(18)19/h6-8H,1-5H3,(H,17,20)(H,18,19). The molecule has 0 aromatic heterocycles. The van der Waals surface area contributed by atoms with Crippen LogP contribution in [0.25, 0.3) is 0 Å². The van der Waals surface area contributed by atoms with Crippen LogP contribution >= 0.6 is 11.6 Å². The van der Waals surface area contributed by atoms with Gasteiger partial charge < -0.3 is 9.84 Å². The fraction of sp³-hybridized carbons (Fsp3) is 0.467. The van der Waals surface area contributed by atoms with Gasteiger partial charge in [-0.15, -0.1) is 0 Å². The van der Waals surface area contributed by atoms with E-state index in [0.29, 0.717) is 11.3 Å². The van der Waals surface area contributed by atoms with Crippen molar-refractivity contribution in [1.82, 2.24) is 0 Å². The summed E-state index contributed by atoms with van der Waals surface area (Å²) in [5.41, 5.74) is -0.749. The molecule has 0 saturated carbocycles. The Bertz CT molecular complexity index is 561. The van der Waals surface area contributed by atoms with Crippen LogP contribution in [0.1, 0.15) is 40.2 Å². The molecule has 0 saturated heterocycles. The monoisotopic (exact) mass is 313 g/mol. The molecule has 1 amide bonds. The smallest absolute Gasteiger partial charge is 0.412 e. The number of hydrogen-bond donors (Lipinski definition) is 2. The molecule has 1 aromatic carbocycles. The van der Waals surface area contributed by atoms with Crippen LogP contribution in [-0.4, -0.2) is 22.8 Å². The minimum atomic E-state index is -1.06. The Morgan fingerprint density at radius 3 is 2.19 bits per heavy atom. The number of carbonyl (C=O) groups is 2. The summed E-state index contributed by atoms with van der Waals surface area (Å²) in [5, 5.41) is 12.0. The van der Waals surface area contributed by atoms with E-state index < -0.39 is 23.1 Å². The van der Waals surface area contributed by atoms with E-state index in [9.17, 15) is 14.7 Å². The number of carboxylic acid groups (broad SMARTS) is 1. The first kappa shape index (κ1) is 17.3. The van der Waals surface area contributed by atoms with Gasteiger partial charge in [-0.2, -0.15) is 0 Å². The van der Waals surface area contributed by atoms with E-state index in [1.807, 2.05) is 0 Å². The number of halogens is 1. The fourth-order valence-electron chi connectivity index (χ4n) is 1.54. The van der Waals surface area contributed by atoms with Gasteiger partial charge in [0.2, 0.25) is 0 Å². The van der Waals surface area contributed by atoms with Gasteiger partial charge in [-0.25, -0.2) is 4.79 Å². The van der Waals surface area contributed by atoms with Gasteiger partial charge in [0.1, 0.15) is 5.60 Å². The van der Waals surface area contributed by atoms with Crippen molar-refractivity contribution in [2.45, 2.75) is 45.6 Å². The lowest BCUT2D eigenvalue weighted by Gasteiger charge is -2.22. The van der Waals surface area contributed by atoms with Crippen molar-refractivity contribution in [2.75, 3.05) is 5.32 Å². The summed E-state index contributed by atoms with van der Waals surface area (Å²) < 4.78 is 5.13. The summed E-state index contributed by atoms with van der Waals surface area (Å²) in [4.78, 5) is 22.9. The minimum Gasteiger partial charge on any atom is -0.481 e. The Balaban J connectivity index is 2.94. The predicted octanol–water partition coefficient (Wildman–Crippen LogP) is 4.05. The van der Waals surface area contributed by atoms with Crippen LogP contribution in [0.3, 0.4) is 0 Å². The molecule has 0 aliphatic heterocycles. The van der Waals surface area contributed by atoms with Crippen LogP contribution in [0.2, 0.25) is 5.02 Å². The molecule has 0 unspecified atom stereocenters. The molecule has 0 aliphatic carbocycles. The zero-order chi connectivity index (χ0) is 16.4. The van der Waals surface area contributed by atoms with Gasteiger partial charge in [0.25, 0.3) is 0 Å². The molecule has 0 heterocycles. The van der Waals surface area contributed by atoms with Gasteiger partial charge in [0.05, 0.1) is 16.1 Å². The Kier molecular flexibility index (Phi) is 4.89. The molecular weight excluding hydrogens is 294 g/mol.